The first-order chi connectivity index (χ1) is 10.7. The quantitative estimate of drug-likeness (QED) is 0.439. The van der Waals surface area contributed by atoms with Gasteiger partial charge in [-0.15, -0.1) is 0 Å². The lowest BCUT2D eigenvalue weighted by molar-refractivity contribution is 0.557. The minimum atomic E-state index is 0.544. The molecule has 0 spiro atoms. The molecule has 0 aliphatic carbocycles. The Kier molecular flexibility index (Phi) is 4.16. The summed E-state index contributed by atoms with van der Waals surface area (Å²) in [4.78, 5) is 3.22. The number of aromatic nitrogens is 1. The minimum Gasteiger partial charge on any atom is -0.361 e. The molecule has 0 saturated heterocycles. The average molecular weight is 308 g/mol. The van der Waals surface area contributed by atoms with Crippen molar-refractivity contribution in [1.82, 2.24) is 9.99 Å². The second-order valence-corrected chi connectivity index (χ2v) is 5.24. The summed E-state index contributed by atoms with van der Waals surface area (Å²) in [7, 11) is 1.82. The lowest BCUT2D eigenvalue weighted by Gasteiger charge is -2.15. The van der Waals surface area contributed by atoms with Crippen LogP contribution in [0.15, 0.2) is 65.9 Å². The van der Waals surface area contributed by atoms with Crippen LogP contribution in [0.5, 0.6) is 0 Å². The van der Waals surface area contributed by atoms with Gasteiger partial charge in [-0.05, 0) is 30.4 Å². The standard InChI is InChI=1S/C17H16N4S/c1-21(17(22)20-14-7-3-2-4-8-14)19-12-13-11-18-16-10-6-5-9-15(13)16/h2-12,18H,1H3,(H,20,22)/b19-12+. The number of fused-ring (bicyclic) bond motifs is 1. The highest BCUT2D eigenvalue weighted by atomic mass is 32.1. The monoisotopic (exact) mass is 308 g/mol. The van der Waals surface area contributed by atoms with Gasteiger partial charge in [0.1, 0.15) is 0 Å². The number of rotatable bonds is 3. The second kappa shape index (κ2) is 6.41. The van der Waals surface area contributed by atoms with Crippen molar-refractivity contribution in [3.8, 4) is 0 Å². The van der Waals surface area contributed by atoms with E-state index in [4.69, 9.17) is 12.2 Å². The molecular formula is C17H16N4S. The summed E-state index contributed by atoms with van der Waals surface area (Å²) in [5.41, 5.74) is 3.07. The molecule has 2 N–H and O–H groups in total. The van der Waals surface area contributed by atoms with E-state index in [1.54, 1.807) is 11.2 Å². The molecule has 1 aromatic heterocycles. The predicted octanol–water partition coefficient (Wildman–Crippen LogP) is 3.83. The van der Waals surface area contributed by atoms with Crippen molar-refractivity contribution < 1.29 is 0 Å². The van der Waals surface area contributed by atoms with E-state index in [1.165, 1.54) is 0 Å². The summed E-state index contributed by atoms with van der Waals surface area (Å²) in [6.07, 6.45) is 3.74. The van der Waals surface area contributed by atoms with Crippen molar-refractivity contribution in [2.45, 2.75) is 0 Å². The zero-order valence-electron chi connectivity index (χ0n) is 12.2. The number of nitrogens with one attached hydrogen (secondary N) is 2. The average Bonchev–Trinajstić information content (AvgIpc) is 2.97. The molecule has 0 aliphatic rings. The van der Waals surface area contributed by atoms with E-state index in [0.717, 1.165) is 22.2 Å². The van der Waals surface area contributed by atoms with Gasteiger partial charge in [-0.25, -0.2) is 5.01 Å². The fraction of sp³-hybridized carbons (Fsp3) is 0.0588. The summed E-state index contributed by atoms with van der Waals surface area (Å²) in [6, 6.07) is 17.9. The molecule has 3 rings (SSSR count). The molecule has 4 nitrogen and oxygen atoms in total. The Bertz CT molecular complexity index is 808. The third-order valence-electron chi connectivity index (χ3n) is 3.31. The molecule has 1 heterocycles. The normalized spacial score (nSPS) is 11.0. The van der Waals surface area contributed by atoms with Crippen molar-refractivity contribution in [2.75, 3.05) is 12.4 Å². The topological polar surface area (TPSA) is 43.4 Å². The van der Waals surface area contributed by atoms with Gasteiger partial charge >= 0.3 is 0 Å². The Morgan fingerprint density at radius 3 is 2.68 bits per heavy atom. The van der Waals surface area contributed by atoms with E-state index >= 15 is 0 Å². The molecule has 0 bridgehead atoms. The van der Waals surface area contributed by atoms with Gasteiger partial charge in [0.15, 0.2) is 5.11 Å². The van der Waals surface area contributed by atoms with Gasteiger partial charge < -0.3 is 10.3 Å². The predicted molar refractivity (Wildman–Crippen MR) is 96.3 cm³/mol. The van der Waals surface area contributed by atoms with Crippen LogP contribution >= 0.6 is 12.2 Å². The smallest absolute Gasteiger partial charge is 0.193 e. The SMILES string of the molecule is CN(/N=C/c1c[nH]c2ccccc12)C(=S)Nc1ccccc1. The van der Waals surface area contributed by atoms with Gasteiger partial charge in [0.25, 0.3) is 0 Å². The van der Waals surface area contributed by atoms with Crippen LogP contribution < -0.4 is 5.32 Å². The number of anilines is 1. The fourth-order valence-electron chi connectivity index (χ4n) is 2.13. The molecular weight excluding hydrogens is 292 g/mol. The second-order valence-electron chi connectivity index (χ2n) is 4.85. The fourth-order valence-corrected chi connectivity index (χ4v) is 2.29. The number of aromatic amines is 1. The number of hydrazone groups is 1. The van der Waals surface area contributed by atoms with Crippen molar-refractivity contribution >= 4 is 40.1 Å². The number of thiocarbonyl (C=S) groups is 1. The zero-order valence-corrected chi connectivity index (χ0v) is 13.0. The van der Waals surface area contributed by atoms with E-state index in [1.807, 2.05) is 61.8 Å². The highest BCUT2D eigenvalue weighted by Gasteiger charge is 2.04. The molecule has 0 unspecified atom stereocenters. The third-order valence-corrected chi connectivity index (χ3v) is 3.68. The molecule has 0 amide bonds. The molecule has 22 heavy (non-hydrogen) atoms. The van der Waals surface area contributed by atoms with Gasteiger partial charge in [0.2, 0.25) is 0 Å². The van der Waals surface area contributed by atoms with Crippen LogP contribution in [0.25, 0.3) is 10.9 Å². The molecule has 3 aromatic rings. The van der Waals surface area contributed by atoms with Crippen LogP contribution in [0.4, 0.5) is 5.69 Å². The molecule has 0 saturated carbocycles. The third kappa shape index (κ3) is 3.15. The van der Waals surface area contributed by atoms with Gasteiger partial charge in [-0.1, -0.05) is 36.4 Å². The Balaban J connectivity index is 1.70. The number of H-pyrrole nitrogens is 1. The summed E-state index contributed by atoms with van der Waals surface area (Å²) < 4.78 is 0. The number of hydrogen-bond acceptors (Lipinski definition) is 2. The zero-order chi connectivity index (χ0) is 15.4. The van der Waals surface area contributed by atoms with Crippen molar-refractivity contribution in [1.29, 1.82) is 0 Å². The molecule has 2 aromatic carbocycles. The number of hydrogen-bond donors (Lipinski definition) is 2. The van der Waals surface area contributed by atoms with Gasteiger partial charge in [0.05, 0.1) is 6.21 Å². The maximum Gasteiger partial charge on any atom is 0.193 e. The van der Waals surface area contributed by atoms with E-state index in [-0.39, 0.29) is 0 Å². The number of para-hydroxylation sites is 2. The first kappa shape index (κ1) is 14.3. The largest absolute Gasteiger partial charge is 0.361 e. The molecule has 110 valence electrons. The van der Waals surface area contributed by atoms with Crippen LogP contribution in [0.2, 0.25) is 0 Å². The maximum absolute atomic E-state index is 5.34. The lowest BCUT2D eigenvalue weighted by Crippen LogP contribution is -2.26. The number of nitrogens with zero attached hydrogens (tertiary/aromatic N) is 2. The highest BCUT2D eigenvalue weighted by Crippen LogP contribution is 2.16. The Hall–Kier alpha value is -2.66. The van der Waals surface area contributed by atoms with E-state index in [9.17, 15) is 0 Å². The lowest BCUT2D eigenvalue weighted by atomic mass is 10.2. The first-order valence-corrected chi connectivity index (χ1v) is 7.35. The minimum absolute atomic E-state index is 0.544. The molecule has 5 heteroatoms. The first-order valence-electron chi connectivity index (χ1n) is 6.94. The number of benzene rings is 2. The van der Waals surface area contributed by atoms with Crippen LogP contribution in [0.3, 0.4) is 0 Å². The van der Waals surface area contributed by atoms with Crippen LogP contribution in [0.1, 0.15) is 5.56 Å². The Labute approximate surface area is 134 Å². The molecule has 0 radical (unpaired) electrons. The molecule has 0 aliphatic heterocycles. The Morgan fingerprint density at radius 2 is 1.86 bits per heavy atom. The van der Waals surface area contributed by atoms with Crippen molar-refractivity contribution in [3.05, 3.63) is 66.4 Å². The Morgan fingerprint density at radius 1 is 1.14 bits per heavy atom. The van der Waals surface area contributed by atoms with Gasteiger partial charge in [0, 0.05) is 35.4 Å². The summed E-state index contributed by atoms with van der Waals surface area (Å²) in [6.45, 7) is 0. The maximum atomic E-state index is 5.34. The summed E-state index contributed by atoms with van der Waals surface area (Å²) in [5.74, 6) is 0. The van der Waals surface area contributed by atoms with Gasteiger partial charge in [-0.3, -0.25) is 0 Å². The highest BCUT2D eigenvalue weighted by molar-refractivity contribution is 7.80. The van der Waals surface area contributed by atoms with E-state index in [2.05, 4.69) is 21.5 Å². The van der Waals surface area contributed by atoms with Gasteiger partial charge in [-0.2, -0.15) is 5.10 Å². The summed E-state index contributed by atoms with van der Waals surface area (Å²) >= 11 is 5.34. The van der Waals surface area contributed by atoms with E-state index in [0.29, 0.717) is 5.11 Å². The van der Waals surface area contributed by atoms with Crippen LogP contribution in [0, 0.1) is 0 Å². The van der Waals surface area contributed by atoms with Crippen molar-refractivity contribution in [2.24, 2.45) is 5.10 Å². The molecule has 0 atom stereocenters. The van der Waals surface area contributed by atoms with Crippen LogP contribution in [-0.2, 0) is 0 Å². The molecule has 0 fully saturated rings. The summed E-state index contributed by atoms with van der Waals surface area (Å²) in [5, 5.41) is 10.9. The van der Waals surface area contributed by atoms with Crippen LogP contribution in [-0.4, -0.2) is 28.4 Å². The van der Waals surface area contributed by atoms with E-state index < -0.39 is 0 Å². The van der Waals surface area contributed by atoms with Crippen molar-refractivity contribution in [3.63, 3.8) is 0 Å².